The minimum atomic E-state index is -0.842. The van der Waals surface area contributed by atoms with Crippen LogP contribution in [0.25, 0.3) is 0 Å². The first kappa shape index (κ1) is 18.4. The number of aliphatic hydroxyl groups excluding tert-OH is 1. The molecule has 0 bridgehead atoms. The number of hydrogen-bond donors (Lipinski definition) is 2. The van der Waals surface area contributed by atoms with Crippen LogP contribution in [0.5, 0.6) is 0 Å². The van der Waals surface area contributed by atoms with Crippen LogP contribution in [-0.4, -0.2) is 34.1 Å². The molecule has 2 unspecified atom stereocenters. The van der Waals surface area contributed by atoms with Crippen LogP contribution in [0.4, 0.5) is 0 Å². The second kappa shape index (κ2) is 7.33. The fourth-order valence-electron chi connectivity index (χ4n) is 3.25. The number of fused-ring (bicyclic) bond motifs is 1. The standard InChI is InChI=1S/C20H32O3/c1-15-6-5-7-16(14-21)9-10-17(19(2,3)22)12-13-20(4)18(23-20)11-8-15/h6,9-10,18,21-22H,5,7-8,11-14H2,1-4H3. The SMILES string of the molecule is CC1=CCCC(CO)=CC=C(C(C)(C)O)CCC2(C)OC2CC1. The molecular formula is C20H32O3. The van der Waals surface area contributed by atoms with Crippen LogP contribution in [0.2, 0.25) is 0 Å². The Hall–Kier alpha value is -0.900. The van der Waals surface area contributed by atoms with Crippen LogP contribution in [0.1, 0.15) is 66.2 Å². The normalized spacial score (nSPS) is 30.5. The lowest BCUT2D eigenvalue weighted by Crippen LogP contribution is -2.23. The van der Waals surface area contributed by atoms with Crippen molar-refractivity contribution in [1.82, 2.24) is 0 Å². The molecule has 0 spiro atoms. The monoisotopic (exact) mass is 320 g/mol. The van der Waals surface area contributed by atoms with Gasteiger partial charge in [0.1, 0.15) is 0 Å². The van der Waals surface area contributed by atoms with Gasteiger partial charge in [-0.3, -0.25) is 0 Å². The molecule has 0 radical (unpaired) electrons. The Morgan fingerprint density at radius 1 is 1.26 bits per heavy atom. The third kappa shape index (κ3) is 5.30. The number of hydrogen-bond acceptors (Lipinski definition) is 3. The van der Waals surface area contributed by atoms with E-state index in [1.165, 1.54) is 5.57 Å². The predicted molar refractivity (Wildman–Crippen MR) is 94.3 cm³/mol. The van der Waals surface area contributed by atoms with Crippen molar-refractivity contribution in [3.05, 3.63) is 34.9 Å². The number of rotatable bonds is 2. The predicted octanol–water partition coefficient (Wildman–Crippen LogP) is 4.06. The van der Waals surface area contributed by atoms with Gasteiger partial charge >= 0.3 is 0 Å². The van der Waals surface area contributed by atoms with Gasteiger partial charge in [0.15, 0.2) is 0 Å². The van der Waals surface area contributed by atoms with E-state index in [0.717, 1.165) is 49.7 Å². The first-order valence-corrected chi connectivity index (χ1v) is 8.80. The molecule has 2 N–H and O–H groups in total. The summed E-state index contributed by atoms with van der Waals surface area (Å²) in [5.74, 6) is 0. The van der Waals surface area contributed by atoms with Crippen LogP contribution in [0, 0.1) is 0 Å². The maximum atomic E-state index is 10.4. The van der Waals surface area contributed by atoms with E-state index in [9.17, 15) is 10.2 Å². The summed E-state index contributed by atoms with van der Waals surface area (Å²) < 4.78 is 5.94. The summed E-state index contributed by atoms with van der Waals surface area (Å²) in [6.07, 6.45) is 12.3. The van der Waals surface area contributed by atoms with E-state index in [4.69, 9.17) is 4.74 Å². The molecule has 1 aliphatic carbocycles. The van der Waals surface area contributed by atoms with Crippen LogP contribution in [-0.2, 0) is 4.74 Å². The van der Waals surface area contributed by atoms with Crippen LogP contribution in [0.15, 0.2) is 34.9 Å². The summed E-state index contributed by atoms with van der Waals surface area (Å²) in [5, 5.41) is 20.0. The highest BCUT2D eigenvalue weighted by atomic mass is 16.6. The quantitative estimate of drug-likeness (QED) is 0.596. The summed E-state index contributed by atoms with van der Waals surface area (Å²) in [6.45, 7) is 8.09. The lowest BCUT2D eigenvalue weighted by Gasteiger charge is -2.23. The molecule has 3 nitrogen and oxygen atoms in total. The summed E-state index contributed by atoms with van der Waals surface area (Å²) in [4.78, 5) is 0. The Morgan fingerprint density at radius 3 is 2.65 bits per heavy atom. The molecule has 0 saturated carbocycles. The molecule has 130 valence electrons. The van der Waals surface area contributed by atoms with Crippen molar-refractivity contribution >= 4 is 0 Å². The van der Waals surface area contributed by atoms with E-state index in [2.05, 4.69) is 19.9 Å². The van der Waals surface area contributed by atoms with Gasteiger partial charge in [-0.2, -0.15) is 0 Å². The Morgan fingerprint density at radius 2 is 2.00 bits per heavy atom. The van der Waals surface area contributed by atoms with Gasteiger partial charge in [-0.1, -0.05) is 23.8 Å². The minimum absolute atomic E-state index is 0.0434. The Balaban J connectivity index is 2.21. The molecule has 1 heterocycles. The van der Waals surface area contributed by atoms with Gasteiger partial charge in [-0.25, -0.2) is 0 Å². The smallest absolute Gasteiger partial charge is 0.0923 e. The maximum Gasteiger partial charge on any atom is 0.0923 e. The molecule has 2 rings (SSSR count). The Bertz CT molecular complexity index is 507. The fraction of sp³-hybridized carbons (Fsp3) is 0.700. The lowest BCUT2D eigenvalue weighted by atomic mass is 9.88. The summed E-state index contributed by atoms with van der Waals surface area (Å²) in [7, 11) is 0. The van der Waals surface area contributed by atoms with E-state index < -0.39 is 5.60 Å². The average molecular weight is 320 g/mol. The fourth-order valence-corrected chi connectivity index (χ4v) is 3.25. The van der Waals surface area contributed by atoms with Crippen LogP contribution in [0.3, 0.4) is 0 Å². The van der Waals surface area contributed by atoms with Gasteiger partial charge in [-0.15, -0.1) is 0 Å². The molecule has 23 heavy (non-hydrogen) atoms. The molecule has 0 aromatic carbocycles. The molecule has 0 amide bonds. The maximum absolute atomic E-state index is 10.4. The van der Waals surface area contributed by atoms with E-state index >= 15 is 0 Å². The van der Waals surface area contributed by atoms with Crippen molar-refractivity contribution < 1.29 is 14.9 Å². The number of allylic oxidation sites excluding steroid dienone is 4. The number of epoxide rings is 1. The molecule has 1 saturated heterocycles. The zero-order chi connectivity index (χ0) is 17.1. The third-order valence-electron chi connectivity index (χ3n) is 5.19. The second-order valence-corrected chi connectivity index (χ2v) is 7.78. The summed E-state index contributed by atoms with van der Waals surface area (Å²) in [5.41, 5.74) is 2.54. The molecule has 0 aromatic heterocycles. The average Bonchev–Trinajstić information content (AvgIpc) is 3.11. The Kier molecular flexibility index (Phi) is 5.88. The van der Waals surface area contributed by atoms with Crippen molar-refractivity contribution in [3.63, 3.8) is 0 Å². The second-order valence-electron chi connectivity index (χ2n) is 7.78. The van der Waals surface area contributed by atoms with Crippen LogP contribution >= 0.6 is 0 Å². The summed E-state index contributed by atoms with van der Waals surface area (Å²) in [6, 6.07) is 0. The minimum Gasteiger partial charge on any atom is -0.392 e. The highest BCUT2D eigenvalue weighted by molar-refractivity contribution is 5.25. The highest BCUT2D eigenvalue weighted by Crippen LogP contribution is 2.44. The number of ether oxygens (including phenoxy) is 1. The van der Waals surface area contributed by atoms with Gasteiger partial charge < -0.3 is 14.9 Å². The van der Waals surface area contributed by atoms with Gasteiger partial charge in [0.2, 0.25) is 0 Å². The largest absolute Gasteiger partial charge is 0.392 e. The topological polar surface area (TPSA) is 53.0 Å². The van der Waals surface area contributed by atoms with Crippen molar-refractivity contribution in [1.29, 1.82) is 0 Å². The number of aliphatic hydroxyl groups is 2. The molecule has 1 aliphatic heterocycles. The first-order chi connectivity index (χ1) is 10.7. The molecule has 2 atom stereocenters. The van der Waals surface area contributed by atoms with Gasteiger partial charge in [0, 0.05) is 0 Å². The first-order valence-electron chi connectivity index (χ1n) is 8.80. The van der Waals surface area contributed by atoms with E-state index in [-0.39, 0.29) is 12.2 Å². The summed E-state index contributed by atoms with van der Waals surface area (Å²) >= 11 is 0. The lowest BCUT2D eigenvalue weighted by molar-refractivity contribution is 0.114. The van der Waals surface area contributed by atoms with Crippen molar-refractivity contribution in [2.45, 2.75) is 83.5 Å². The van der Waals surface area contributed by atoms with E-state index in [1.54, 1.807) is 0 Å². The van der Waals surface area contributed by atoms with Crippen molar-refractivity contribution in [3.8, 4) is 0 Å². The molecule has 3 heteroatoms. The molecule has 2 aliphatic rings. The molecule has 1 fully saturated rings. The van der Waals surface area contributed by atoms with Gasteiger partial charge in [0.05, 0.1) is 23.9 Å². The zero-order valence-corrected chi connectivity index (χ0v) is 15.1. The van der Waals surface area contributed by atoms with Crippen LogP contribution < -0.4 is 0 Å². The van der Waals surface area contributed by atoms with E-state index in [1.807, 2.05) is 26.0 Å². The highest BCUT2D eigenvalue weighted by Gasteiger charge is 2.51. The van der Waals surface area contributed by atoms with Gasteiger partial charge in [-0.05, 0) is 77.4 Å². The molecule has 0 aromatic rings. The third-order valence-corrected chi connectivity index (χ3v) is 5.19. The zero-order valence-electron chi connectivity index (χ0n) is 15.1. The Labute approximate surface area is 140 Å². The van der Waals surface area contributed by atoms with Gasteiger partial charge in [0.25, 0.3) is 0 Å². The van der Waals surface area contributed by atoms with Crippen molar-refractivity contribution in [2.24, 2.45) is 0 Å². The van der Waals surface area contributed by atoms with Crippen molar-refractivity contribution in [2.75, 3.05) is 6.61 Å². The van der Waals surface area contributed by atoms with E-state index in [0.29, 0.717) is 6.10 Å². The molecular weight excluding hydrogens is 288 g/mol.